The van der Waals surface area contributed by atoms with Gasteiger partial charge in [0.15, 0.2) is 0 Å². The molecule has 1 saturated heterocycles. The number of hydrogen-bond donors (Lipinski definition) is 2. The van der Waals surface area contributed by atoms with Gasteiger partial charge in [-0.2, -0.15) is 8.42 Å². The first-order chi connectivity index (χ1) is 4.87. The monoisotopic (exact) mass is 199 g/mol. The summed E-state index contributed by atoms with van der Waals surface area (Å²) in [5.41, 5.74) is 5.35. The Morgan fingerprint density at radius 2 is 2.27 bits per heavy atom. The minimum absolute atomic E-state index is 0.430. The van der Waals surface area contributed by atoms with Crippen LogP contribution in [0.25, 0.3) is 0 Å². The third-order valence-electron chi connectivity index (χ3n) is 1.30. The van der Waals surface area contributed by atoms with Gasteiger partial charge in [-0.05, 0) is 6.42 Å². The number of thiol groups is 1. The van der Waals surface area contributed by atoms with E-state index >= 15 is 0 Å². The largest absolute Gasteiger partial charge is 0.403 e. The van der Waals surface area contributed by atoms with Gasteiger partial charge in [-0.15, -0.1) is 12.6 Å². The molecule has 1 aliphatic heterocycles. The van der Waals surface area contributed by atoms with E-state index in [2.05, 4.69) is 21.0 Å². The molecule has 2 atom stereocenters. The van der Waals surface area contributed by atoms with Crippen LogP contribution in [0.5, 0.6) is 0 Å². The second-order valence-corrected chi connectivity index (χ2v) is 4.11. The summed E-state index contributed by atoms with van der Waals surface area (Å²) in [4.78, 5) is 0. The maximum Gasteiger partial charge on any atom is 0.403 e. The Morgan fingerprint density at radius 3 is 2.45 bits per heavy atom. The number of nitrogens with two attached hydrogens (primary N) is 1. The molecule has 2 unspecified atom stereocenters. The van der Waals surface area contributed by atoms with Crippen LogP contribution in [0.2, 0.25) is 0 Å². The van der Waals surface area contributed by atoms with Crippen molar-refractivity contribution in [3.05, 3.63) is 0 Å². The van der Waals surface area contributed by atoms with E-state index in [0.29, 0.717) is 6.42 Å². The summed E-state index contributed by atoms with van der Waals surface area (Å²) in [6.45, 7) is 1.73. The van der Waals surface area contributed by atoms with Crippen LogP contribution in [0.15, 0.2) is 0 Å². The molecule has 66 valence electrons. The zero-order chi connectivity index (χ0) is 8.70. The molecule has 11 heavy (non-hydrogen) atoms. The highest BCUT2D eigenvalue weighted by atomic mass is 32.3. The van der Waals surface area contributed by atoms with E-state index in [0.717, 1.165) is 0 Å². The van der Waals surface area contributed by atoms with E-state index in [1.807, 2.05) is 0 Å². The molecule has 0 aromatic rings. The van der Waals surface area contributed by atoms with E-state index in [9.17, 15) is 8.42 Å². The summed E-state index contributed by atoms with van der Waals surface area (Å²) in [5.74, 6) is 0. The smallest absolute Gasteiger partial charge is 0.291 e. The average Bonchev–Trinajstić information content (AvgIpc) is 1.99. The minimum atomic E-state index is -3.92. The van der Waals surface area contributed by atoms with Gasteiger partial charge in [-0.25, -0.2) is 8.37 Å². The van der Waals surface area contributed by atoms with Gasteiger partial charge in [0.05, 0.1) is 0 Å². The lowest BCUT2D eigenvalue weighted by Gasteiger charge is -2.17. The van der Waals surface area contributed by atoms with Crippen molar-refractivity contribution in [2.75, 3.05) is 0 Å². The van der Waals surface area contributed by atoms with Crippen molar-refractivity contribution < 1.29 is 16.8 Å². The Labute approximate surface area is 70.6 Å². The molecule has 0 aromatic carbocycles. The van der Waals surface area contributed by atoms with Crippen molar-refractivity contribution in [1.29, 1.82) is 0 Å². The summed E-state index contributed by atoms with van der Waals surface area (Å²) in [7, 11) is -3.92. The molecule has 1 aliphatic rings. The average molecular weight is 199 g/mol. The molecule has 1 fully saturated rings. The Balaban J connectivity index is 2.88. The van der Waals surface area contributed by atoms with Crippen molar-refractivity contribution in [1.82, 2.24) is 0 Å². The lowest BCUT2D eigenvalue weighted by atomic mass is 10.2. The highest BCUT2D eigenvalue weighted by molar-refractivity contribution is 7.85. The standard InChI is InChI=1S/C4H9NO4S2/c1-2-3-4(5,10)9-11(6,7)8-3/h3,10H,2,5H2,1H3. The van der Waals surface area contributed by atoms with Gasteiger partial charge in [-0.1, -0.05) is 6.92 Å². The predicted molar refractivity (Wildman–Crippen MR) is 41.1 cm³/mol. The molecule has 7 heteroatoms. The molecule has 0 spiro atoms. The van der Waals surface area contributed by atoms with E-state index in [4.69, 9.17) is 5.73 Å². The maximum absolute atomic E-state index is 10.6. The van der Waals surface area contributed by atoms with Gasteiger partial charge < -0.3 is 0 Å². The van der Waals surface area contributed by atoms with Crippen LogP contribution in [0, 0.1) is 0 Å². The van der Waals surface area contributed by atoms with Crippen molar-refractivity contribution in [3.63, 3.8) is 0 Å². The topological polar surface area (TPSA) is 78.6 Å². The SMILES string of the molecule is CCC1OS(=O)(=O)OC1(N)S. The van der Waals surface area contributed by atoms with Crippen LogP contribution < -0.4 is 5.73 Å². The van der Waals surface area contributed by atoms with Crippen LogP contribution in [0.3, 0.4) is 0 Å². The van der Waals surface area contributed by atoms with Gasteiger partial charge in [-0.3, -0.25) is 5.73 Å². The summed E-state index contributed by atoms with van der Waals surface area (Å²) in [6.07, 6.45) is -0.282. The lowest BCUT2D eigenvalue weighted by Crippen LogP contribution is -2.42. The summed E-state index contributed by atoms with van der Waals surface area (Å²) < 4.78 is 30.1. The summed E-state index contributed by atoms with van der Waals surface area (Å²) in [5, 5.41) is -1.52. The third-order valence-corrected chi connectivity index (χ3v) is 2.75. The highest BCUT2D eigenvalue weighted by Gasteiger charge is 2.47. The molecule has 0 saturated carbocycles. The Kier molecular flexibility index (Phi) is 2.19. The fraction of sp³-hybridized carbons (Fsp3) is 1.00. The maximum atomic E-state index is 10.6. The zero-order valence-corrected chi connectivity index (χ0v) is 7.56. The second-order valence-electron chi connectivity index (χ2n) is 2.24. The van der Waals surface area contributed by atoms with Gasteiger partial charge in [0.2, 0.25) is 5.06 Å². The molecule has 1 rings (SSSR count). The van der Waals surface area contributed by atoms with Gasteiger partial charge in [0, 0.05) is 0 Å². The van der Waals surface area contributed by atoms with Crippen LogP contribution in [0.4, 0.5) is 0 Å². The van der Waals surface area contributed by atoms with Gasteiger partial charge in [0.25, 0.3) is 0 Å². The molecule has 5 nitrogen and oxygen atoms in total. The van der Waals surface area contributed by atoms with Crippen molar-refractivity contribution in [2.45, 2.75) is 24.5 Å². The van der Waals surface area contributed by atoms with E-state index < -0.39 is 21.6 Å². The molecule has 0 bridgehead atoms. The Bertz CT molecular complexity index is 247. The molecule has 0 amide bonds. The number of hydrogen-bond acceptors (Lipinski definition) is 6. The highest BCUT2D eigenvalue weighted by Crippen LogP contribution is 2.31. The van der Waals surface area contributed by atoms with E-state index in [1.165, 1.54) is 0 Å². The molecule has 2 N–H and O–H groups in total. The Morgan fingerprint density at radius 1 is 1.73 bits per heavy atom. The fourth-order valence-corrected chi connectivity index (χ4v) is 2.43. The zero-order valence-electron chi connectivity index (χ0n) is 5.85. The van der Waals surface area contributed by atoms with Gasteiger partial charge in [0.1, 0.15) is 6.10 Å². The normalized spacial score (nSPS) is 42.6. The first-order valence-electron chi connectivity index (χ1n) is 3.02. The first kappa shape index (κ1) is 9.27. The fourth-order valence-electron chi connectivity index (χ4n) is 0.809. The predicted octanol–water partition coefficient (Wildman–Crippen LogP) is -0.401. The number of rotatable bonds is 1. The van der Waals surface area contributed by atoms with Crippen molar-refractivity contribution in [3.8, 4) is 0 Å². The van der Waals surface area contributed by atoms with Crippen LogP contribution in [-0.2, 0) is 18.8 Å². The molecule has 0 radical (unpaired) electrons. The molecular formula is C4H9NO4S2. The minimum Gasteiger partial charge on any atom is -0.291 e. The molecule has 1 heterocycles. The first-order valence-corrected chi connectivity index (χ1v) is 4.80. The van der Waals surface area contributed by atoms with Crippen LogP contribution >= 0.6 is 12.6 Å². The second kappa shape index (κ2) is 2.60. The van der Waals surface area contributed by atoms with Crippen molar-refractivity contribution in [2.24, 2.45) is 5.73 Å². The van der Waals surface area contributed by atoms with Crippen LogP contribution in [0.1, 0.15) is 13.3 Å². The van der Waals surface area contributed by atoms with Crippen molar-refractivity contribution >= 4 is 23.0 Å². The van der Waals surface area contributed by atoms with Crippen LogP contribution in [-0.4, -0.2) is 19.6 Å². The summed E-state index contributed by atoms with van der Waals surface area (Å²) >= 11 is 3.79. The van der Waals surface area contributed by atoms with Gasteiger partial charge >= 0.3 is 10.4 Å². The molecule has 0 aliphatic carbocycles. The molecule has 0 aromatic heterocycles. The lowest BCUT2D eigenvalue weighted by molar-refractivity contribution is 0.129. The quantitative estimate of drug-likeness (QED) is 0.444. The molecular weight excluding hydrogens is 190 g/mol. The summed E-state index contributed by atoms with van der Waals surface area (Å²) in [6, 6.07) is 0. The van der Waals surface area contributed by atoms with E-state index in [-0.39, 0.29) is 0 Å². The van der Waals surface area contributed by atoms with E-state index in [1.54, 1.807) is 6.92 Å². The third kappa shape index (κ3) is 1.85. The Hall–Kier alpha value is 0.180.